The smallest absolute Gasteiger partial charge is 0.219 e. The van der Waals surface area contributed by atoms with Crippen LogP contribution in [-0.4, -0.2) is 16.6 Å². The molecule has 1 heterocycles. The SMILES string of the molecule is CCOc1ccccc1-c1cnc(N)nc1. The summed E-state index contributed by atoms with van der Waals surface area (Å²) in [5, 5.41) is 0. The second-order valence-electron chi connectivity index (χ2n) is 3.26. The third kappa shape index (κ3) is 2.11. The van der Waals surface area contributed by atoms with Crippen LogP contribution in [0.4, 0.5) is 5.95 Å². The standard InChI is InChI=1S/C12H13N3O/c1-2-16-11-6-4-3-5-10(11)9-7-14-12(13)15-8-9/h3-8H,2H2,1H3,(H2,13,14,15). The molecule has 82 valence electrons. The Bertz CT molecular complexity index is 468. The van der Waals surface area contributed by atoms with E-state index in [0.29, 0.717) is 6.61 Å². The van der Waals surface area contributed by atoms with Crippen molar-refractivity contribution in [2.24, 2.45) is 0 Å². The van der Waals surface area contributed by atoms with Crippen LogP contribution >= 0.6 is 0 Å². The van der Waals surface area contributed by atoms with E-state index < -0.39 is 0 Å². The van der Waals surface area contributed by atoms with Gasteiger partial charge in [0.1, 0.15) is 5.75 Å². The van der Waals surface area contributed by atoms with E-state index >= 15 is 0 Å². The normalized spacial score (nSPS) is 10.1. The summed E-state index contributed by atoms with van der Waals surface area (Å²) in [5.41, 5.74) is 7.33. The molecule has 0 radical (unpaired) electrons. The van der Waals surface area contributed by atoms with Crippen LogP contribution in [0.25, 0.3) is 11.1 Å². The Kier molecular flexibility index (Phi) is 3.00. The molecule has 2 N–H and O–H groups in total. The molecule has 4 nitrogen and oxygen atoms in total. The number of para-hydroxylation sites is 1. The Labute approximate surface area is 94.1 Å². The van der Waals surface area contributed by atoms with Crippen LogP contribution in [0.1, 0.15) is 6.92 Å². The van der Waals surface area contributed by atoms with Gasteiger partial charge in [0.25, 0.3) is 0 Å². The molecular formula is C12H13N3O. The highest BCUT2D eigenvalue weighted by Crippen LogP contribution is 2.28. The van der Waals surface area contributed by atoms with Gasteiger partial charge in [0.05, 0.1) is 6.61 Å². The number of rotatable bonds is 3. The lowest BCUT2D eigenvalue weighted by Crippen LogP contribution is -1.96. The summed E-state index contributed by atoms with van der Waals surface area (Å²) in [4.78, 5) is 7.94. The highest BCUT2D eigenvalue weighted by molar-refractivity contribution is 5.69. The van der Waals surface area contributed by atoms with E-state index in [0.717, 1.165) is 16.9 Å². The van der Waals surface area contributed by atoms with E-state index in [1.165, 1.54) is 0 Å². The number of hydrogen-bond donors (Lipinski definition) is 1. The van der Waals surface area contributed by atoms with Crippen LogP contribution in [0, 0.1) is 0 Å². The fraction of sp³-hybridized carbons (Fsp3) is 0.167. The van der Waals surface area contributed by atoms with Gasteiger partial charge in [-0.2, -0.15) is 0 Å². The summed E-state index contributed by atoms with van der Waals surface area (Å²) in [6.45, 7) is 2.59. The molecule has 0 aliphatic carbocycles. The molecule has 0 saturated carbocycles. The molecule has 16 heavy (non-hydrogen) atoms. The third-order valence-electron chi connectivity index (χ3n) is 2.17. The molecule has 0 bridgehead atoms. The summed E-state index contributed by atoms with van der Waals surface area (Å²) in [6, 6.07) is 7.79. The van der Waals surface area contributed by atoms with Crippen LogP contribution < -0.4 is 10.5 Å². The zero-order valence-corrected chi connectivity index (χ0v) is 9.05. The summed E-state index contributed by atoms with van der Waals surface area (Å²) < 4.78 is 5.53. The molecule has 2 aromatic rings. The highest BCUT2D eigenvalue weighted by atomic mass is 16.5. The minimum atomic E-state index is 0.276. The number of nitrogens with zero attached hydrogens (tertiary/aromatic N) is 2. The summed E-state index contributed by atoms with van der Waals surface area (Å²) in [5.74, 6) is 1.11. The van der Waals surface area contributed by atoms with Crippen LogP contribution in [0.3, 0.4) is 0 Å². The number of hydrogen-bond acceptors (Lipinski definition) is 4. The van der Waals surface area contributed by atoms with E-state index in [2.05, 4.69) is 9.97 Å². The van der Waals surface area contributed by atoms with Gasteiger partial charge in [0.15, 0.2) is 0 Å². The molecule has 0 spiro atoms. The quantitative estimate of drug-likeness (QED) is 0.851. The predicted octanol–water partition coefficient (Wildman–Crippen LogP) is 2.12. The average Bonchev–Trinajstić information content (AvgIpc) is 2.32. The van der Waals surface area contributed by atoms with E-state index in [1.807, 2.05) is 31.2 Å². The molecule has 0 aliphatic heterocycles. The predicted molar refractivity (Wildman–Crippen MR) is 63.0 cm³/mol. The van der Waals surface area contributed by atoms with Gasteiger partial charge in [-0.05, 0) is 13.0 Å². The Morgan fingerprint density at radius 1 is 1.19 bits per heavy atom. The summed E-state index contributed by atoms with van der Waals surface area (Å²) >= 11 is 0. The fourth-order valence-electron chi connectivity index (χ4n) is 1.46. The van der Waals surface area contributed by atoms with Gasteiger partial charge >= 0.3 is 0 Å². The maximum atomic E-state index is 5.53. The van der Waals surface area contributed by atoms with Gasteiger partial charge in [-0.25, -0.2) is 9.97 Å². The molecule has 1 aromatic heterocycles. The first kappa shape index (κ1) is 10.4. The lowest BCUT2D eigenvalue weighted by atomic mass is 10.1. The largest absolute Gasteiger partial charge is 0.493 e. The van der Waals surface area contributed by atoms with E-state index in [1.54, 1.807) is 12.4 Å². The number of nitrogen functional groups attached to an aromatic ring is 1. The average molecular weight is 215 g/mol. The first-order chi connectivity index (χ1) is 7.81. The maximum absolute atomic E-state index is 5.53. The zero-order chi connectivity index (χ0) is 11.4. The first-order valence-corrected chi connectivity index (χ1v) is 5.11. The van der Waals surface area contributed by atoms with Gasteiger partial charge in [-0.15, -0.1) is 0 Å². The maximum Gasteiger partial charge on any atom is 0.219 e. The Hall–Kier alpha value is -2.10. The van der Waals surface area contributed by atoms with Crippen molar-refractivity contribution in [2.75, 3.05) is 12.3 Å². The molecular weight excluding hydrogens is 202 g/mol. The van der Waals surface area contributed by atoms with Crippen LogP contribution in [0.5, 0.6) is 5.75 Å². The number of benzene rings is 1. The van der Waals surface area contributed by atoms with Gasteiger partial charge < -0.3 is 10.5 Å². The third-order valence-corrected chi connectivity index (χ3v) is 2.17. The molecule has 1 aromatic carbocycles. The molecule has 0 atom stereocenters. The monoisotopic (exact) mass is 215 g/mol. The molecule has 0 unspecified atom stereocenters. The Balaban J connectivity index is 2.42. The van der Waals surface area contributed by atoms with Crippen molar-refractivity contribution in [3.63, 3.8) is 0 Å². The van der Waals surface area contributed by atoms with Crippen molar-refractivity contribution < 1.29 is 4.74 Å². The summed E-state index contributed by atoms with van der Waals surface area (Å²) in [7, 11) is 0. The van der Waals surface area contributed by atoms with Gasteiger partial charge in [0.2, 0.25) is 5.95 Å². The Morgan fingerprint density at radius 3 is 2.56 bits per heavy atom. The lowest BCUT2D eigenvalue weighted by Gasteiger charge is -2.09. The molecule has 0 saturated heterocycles. The minimum Gasteiger partial charge on any atom is -0.493 e. The van der Waals surface area contributed by atoms with E-state index in [4.69, 9.17) is 10.5 Å². The molecule has 0 aliphatic rings. The van der Waals surface area contributed by atoms with Crippen molar-refractivity contribution >= 4 is 5.95 Å². The number of aromatic nitrogens is 2. The fourth-order valence-corrected chi connectivity index (χ4v) is 1.46. The number of nitrogens with two attached hydrogens (primary N) is 1. The van der Waals surface area contributed by atoms with Crippen LogP contribution in [0.2, 0.25) is 0 Å². The highest BCUT2D eigenvalue weighted by Gasteiger charge is 2.05. The van der Waals surface area contributed by atoms with Crippen molar-refractivity contribution in [3.8, 4) is 16.9 Å². The molecule has 0 amide bonds. The lowest BCUT2D eigenvalue weighted by molar-refractivity contribution is 0.341. The van der Waals surface area contributed by atoms with Crippen LogP contribution in [-0.2, 0) is 0 Å². The van der Waals surface area contributed by atoms with Gasteiger partial charge in [0, 0.05) is 23.5 Å². The van der Waals surface area contributed by atoms with E-state index in [-0.39, 0.29) is 5.95 Å². The Morgan fingerprint density at radius 2 is 1.88 bits per heavy atom. The van der Waals surface area contributed by atoms with E-state index in [9.17, 15) is 0 Å². The zero-order valence-electron chi connectivity index (χ0n) is 9.05. The first-order valence-electron chi connectivity index (χ1n) is 5.11. The van der Waals surface area contributed by atoms with Gasteiger partial charge in [-0.1, -0.05) is 18.2 Å². The van der Waals surface area contributed by atoms with Crippen LogP contribution in [0.15, 0.2) is 36.7 Å². The van der Waals surface area contributed by atoms with Crippen molar-refractivity contribution in [1.29, 1.82) is 0 Å². The minimum absolute atomic E-state index is 0.276. The van der Waals surface area contributed by atoms with Gasteiger partial charge in [-0.3, -0.25) is 0 Å². The molecule has 4 heteroatoms. The second kappa shape index (κ2) is 4.61. The van der Waals surface area contributed by atoms with Crippen molar-refractivity contribution in [1.82, 2.24) is 9.97 Å². The topological polar surface area (TPSA) is 61.0 Å². The molecule has 2 rings (SSSR count). The second-order valence-corrected chi connectivity index (χ2v) is 3.26. The van der Waals surface area contributed by atoms with Crippen molar-refractivity contribution in [2.45, 2.75) is 6.92 Å². The van der Waals surface area contributed by atoms with Crippen molar-refractivity contribution in [3.05, 3.63) is 36.7 Å². The number of anilines is 1. The summed E-state index contributed by atoms with van der Waals surface area (Å²) in [6.07, 6.45) is 3.39. The number of ether oxygens (including phenoxy) is 1. The molecule has 0 fully saturated rings.